The van der Waals surface area contributed by atoms with Crippen molar-refractivity contribution < 1.29 is 0 Å². The molecule has 1 heterocycles. The summed E-state index contributed by atoms with van der Waals surface area (Å²) in [6.45, 7) is 0. The van der Waals surface area contributed by atoms with Gasteiger partial charge in [-0.25, -0.2) is 0 Å². The Morgan fingerprint density at radius 1 is 0.957 bits per heavy atom. The SMILES string of the molecule is N#CC(=Cc1cccn1-c1ccc(Cl)cc1)c1ccccc1Cl. The fourth-order valence-electron chi connectivity index (χ4n) is 2.35. The number of rotatable bonds is 3. The van der Waals surface area contributed by atoms with Gasteiger partial charge in [0.1, 0.15) is 0 Å². The average molecular weight is 339 g/mol. The van der Waals surface area contributed by atoms with E-state index in [0.29, 0.717) is 15.6 Å². The summed E-state index contributed by atoms with van der Waals surface area (Å²) in [6, 6.07) is 21.0. The third-order valence-electron chi connectivity index (χ3n) is 3.46. The normalized spacial score (nSPS) is 11.3. The summed E-state index contributed by atoms with van der Waals surface area (Å²) in [6.07, 6.45) is 3.77. The molecule has 0 atom stereocenters. The van der Waals surface area contributed by atoms with E-state index in [2.05, 4.69) is 6.07 Å². The third-order valence-corrected chi connectivity index (χ3v) is 4.04. The van der Waals surface area contributed by atoms with Gasteiger partial charge in [-0.15, -0.1) is 0 Å². The number of nitrogens with zero attached hydrogens (tertiary/aromatic N) is 2. The standard InChI is InChI=1S/C19H12Cl2N2/c20-15-7-9-16(10-8-15)23-11-3-4-17(23)12-14(13-22)18-5-1-2-6-19(18)21/h1-12H. The van der Waals surface area contributed by atoms with E-state index in [-0.39, 0.29) is 0 Å². The van der Waals surface area contributed by atoms with Crippen molar-refractivity contribution >= 4 is 34.9 Å². The first-order chi connectivity index (χ1) is 11.2. The lowest BCUT2D eigenvalue weighted by Gasteiger charge is -2.08. The maximum atomic E-state index is 9.50. The van der Waals surface area contributed by atoms with Gasteiger partial charge in [0.15, 0.2) is 0 Å². The predicted octanol–water partition coefficient (Wildman–Crippen LogP) is 5.85. The van der Waals surface area contributed by atoms with Crippen molar-refractivity contribution in [2.75, 3.05) is 0 Å². The molecule has 3 rings (SSSR count). The highest BCUT2D eigenvalue weighted by Crippen LogP contribution is 2.26. The van der Waals surface area contributed by atoms with Crippen LogP contribution in [0.5, 0.6) is 0 Å². The summed E-state index contributed by atoms with van der Waals surface area (Å²) >= 11 is 12.1. The fourth-order valence-corrected chi connectivity index (χ4v) is 2.71. The second kappa shape index (κ2) is 6.75. The van der Waals surface area contributed by atoms with E-state index in [1.54, 1.807) is 6.07 Å². The molecule has 23 heavy (non-hydrogen) atoms. The zero-order valence-corrected chi connectivity index (χ0v) is 13.6. The molecule has 0 bridgehead atoms. The van der Waals surface area contributed by atoms with Crippen molar-refractivity contribution in [1.29, 1.82) is 5.26 Å². The molecule has 112 valence electrons. The Morgan fingerprint density at radius 3 is 2.39 bits per heavy atom. The predicted molar refractivity (Wildman–Crippen MR) is 95.7 cm³/mol. The molecule has 0 saturated carbocycles. The first-order valence-corrected chi connectivity index (χ1v) is 7.74. The molecule has 0 fully saturated rings. The topological polar surface area (TPSA) is 28.7 Å². The molecule has 0 radical (unpaired) electrons. The smallest absolute Gasteiger partial charge is 0.0999 e. The van der Waals surface area contributed by atoms with Gasteiger partial charge in [0.2, 0.25) is 0 Å². The first kappa shape index (κ1) is 15.4. The summed E-state index contributed by atoms with van der Waals surface area (Å²) in [5.41, 5.74) is 3.11. The van der Waals surface area contributed by atoms with Crippen LogP contribution in [0.15, 0.2) is 66.9 Å². The van der Waals surface area contributed by atoms with Crippen LogP contribution in [0.25, 0.3) is 17.3 Å². The van der Waals surface area contributed by atoms with Crippen LogP contribution in [0.1, 0.15) is 11.3 Å². The van der Waals surface area contributed by atoms with Crippen molar-refractivity contribution in [2.24, 2.45) is 0 Å². The molecule has 3 aromatic rings. The van der Waals surface area contributed by atoms with E-state index in [4.69, 9.17) is 23.2 Å². The van der Waals surface area contributed by atoms with Crippen molar-refractivity contribution in [3.05, 3.63) is 88.2 Å². The second-order valence-electron chi connectivity index (χ2n) is 4.93. The van der Waals surface area contributed by atoms with Gasteiger partial charge in [-0.05, 0) is 48.5 Å². The van der Waals surface area contributed by atoms with Crippen LogP contribution in [0, 0.1) is 11.3 Å². The number of halogens is 2. The zero-order valence-electron chi connectivity index (χ0n) is 12.1. The third kappa shape index (κ3) is 3.32. The van der Waals surface area contributed by atoms with Crippen LogP contribution >= 0.6 is 23.2 Å². The van der Waals surface area contributed by atoms with E-state index in [1.807, 2.05) is 71.4 Å². The fraction of sp³-hybridized carbons (Fsp3) is 0. The van der Waals surface area contributed by atoms with Crippen LogP contribution in [0.2, 0.25) is 10.0 Å². The minimum absolute atomic E-state index is 0.518. The number of hydrogen-bond acceptors (Lipinski definition) is 1. The van der Waals surface area contributed by atoms with Gasteiger partial charge in [0.25, 0.3) is 0 Å². The molecular weight excluding hydrogens is 327 g/mol. The van der Waals surface area contributed by atoms with Gasteiger partial charge >= 0.3 is 0 Å². The van der Waals surface area contributed by atoms with E-state index in [9.17, 15) is 5.26 Å². The Hall–Kier alpha value is -2.47. The highest BCUT2D eigenvalue weighted by Gasteiger charge is 2.08. The molecule has 0 unspecified atom stereocenters. The lowest BCUT2D eigenvalue weighted by Crippen LogP contribution is -1.95. The Morgan fingerprint density at radius 2 is 1.70 bits per heavy atom. The van der Waals surface area contributed by atoms with Crippen molar-refractivity contribution in [3.8, 4) is 11.8 Å². The quantitative estimate of drug-likeness (QED) is 0.550. The summed E-state index contributed by atoms with van der Waals surface area (Å²) in [4.78, 5) is 0. The van der Waals surface area contributed by atoms with Crippen LogP contribution in [0.3, 0.4) is 0 Å². The lowest BCUT2D eigenvalue weighted by molar-refractivity contribution is 1.06. The summed E-state index contributed by atoms with van der Waals surface area (Å²) < 4.78 is 1.99. The first-order valence-electron chi connectivity index (χ1n) is 6.99. The molecule has 0 spiro atoms. The molecule has 1 aromatic heterocycles. The monoisotopic (exact) mass is 338 g/mol. The summed E-state index contributed by atoms with van der Waals surface area (Å²) in [7, 11) is 0. The molecule has 0 aliphatic carbocycles. The second-order valence-corrected chi connectivity index (χ2v) is 5.77. The number of allylic oxidation sites excluding steroid dienone is 1. The van der Waals surface area contributed by atoms with Crippen LogP contribution < -0.4 is 0 Å². The zero-order chi connectivity index (χ0) is 16.2. The largest absolute Gasteiger partial charge is 0.317 e. The van der Waals surface area contributed by atoms with Crippen LogP contribution in [-0.2, 0) is 0 Å². The molecule has 4 heteroatoms. The number of benzene rings is 2. The molecule has 0 aliphatic rings. The van der Waals surface area contributed by atoms with Crippen molar-refractivity contribution in [1.82, 2.24) is 4.57 Å². The summed E-state index contributed by atoms with van der Waals surface area (Å²) in [5, 5.41) is 10.7. The number of aromatic nitrogens is 1. The van der Waals surface area contributed by atoms with Gasteiger partial charge in [0.05, 0.1) is 11.6 Å². The van der Waals surface area contributed by atoms with E-state index in [0.717, 1.165) is 16.9 Å². The average Bonchev–Trinajstić information content (AvgIpc) is 3.02. The van der Waals surface area contributed by atoms with Gasteiger partial charge < -0.3 is 4.57 Å². The Labute approximate surface area is 144 Å². The van der Waals surface area contributed by atoms with Crippen LogP contribution in [-0.4, -0.2) is 4.57 Å². The van der Waals surface area contributed by atoms with Gasteiger partial charge in [-0.1, -0.05) is 41.4 Å². The van der Waals surface area contributed by atoms with E-state index in [1.165, 1.54) is 0 Å². The Bertz CT molecular complexity index is 900. The number of nitriles is 1. The van der Waals surface area contributed by atoms with Gasteiger partial charge in [-0.2, -0.15) is 5.26 Å². The van der Waals surface area contributed by atoms with E-state index < -0.39 is 0 Å². The van der Waals surface area contributed by atoms with Crippen LogP contribution in [0.4, 0.5) is 0 Å². The molecule has 0 saturated heterocycles. The number of hydrogen-bond donors (Lipinski definition) is 0. The molecule has 2 nitrogen and oxygen atoms in total. The maximum Gasteiger partial charge on any atom is 0.0999 e. The Kier molecular flexibility index (Phi) is 4.52. The summed E-state index contributed by atoms with van der Waals surface area (Å²) in [5.74, 6) is 0. The minimum atomic E-state index is 0.518. The van der Waals surface area contributed by atoms with E-state index >= 15 is 0 Å². The lowest BCUT2D eigenvalue weighted by atomic mass is 10.1. The molecule has 0 aliphatic heterocycles. The molecular formula is C19H12Cl2N2. The Balaban J connectivity index is 2.06. The van der Waals surface area contributed by atoms with Crippen molar-refractivity contribution in [2.45, 2.75) is 0 Å². The molecule has 0 N–H and O–H groups in total. The maximum absolute atomic E-state index is 9.50. The van der Waals surface area contributed by atoms with Gasteiger partial charge in [0, 0.05) is 33.2 Å². The van der Waals surface area contributed by atoms with Gasteiger partial charge in [-0.3, -0.25) is 0 Å². The molecule has 2 aromatic carbocycles. The highest BCUT2D eigenvalue weighted by molar-refractivity contribution is 6.32. The molecule has 0 amide bonds. The highest BCUT2D eigenvalue weighted by atomic mass is 35.5. The van der Waals surface area contributed by atoms with Crippen molar-refractivity contribution in [3.63, 3.8) is 0 Å². The minimum Gasteiger partial charge on any atom is -0.317 e.